The maximum atomic E-state index is 12.3. The highest BCUT2D eigenvalue weighted by Crippen LogP contribution is 2.29. The standard InChI is InChI=1S/C25H24N2O5/c1-4-8-19-9-6-7-10-21(19)31-17-24(28)32-22-12-11-18(15-23(22)30-3)14-20(16-26)25(29)27-13-5-2/h4-7,9-12,14-15H,1-2,8,13,17H2,3H3,(H,27,29)/b20-14+. The quantitative estimate of drug-likeness (QED) is 0.192. The lowest BCUT2D eigenvalue weighted by molar-refractivity contribution is -0.136. The lowest BCUT2D eigenvalue weighted by Gasteiger charge is -2.12. The zero-order valence-corrected chi connectivity index (χ0v) is 17.8. The Hall–Kier alpha value is -4.31. The molecule has 2 aromatic carbocycles. The van der Waals surface area contributed by atoms with Gasteiger partial charge in [-0.05, 0) is 41.8 Å². The monoisotopic (exact) mass is 432 g/mol. The van der Waals surface area contributed by atoms with Crippen LogP contribution in [0.2, 0.25) is 0 Å². The molecular weight excluding hydrogens is 408 g/mol. The van der Waals surface area contributed by atoms with E-state index < -0.39 is 11.9 Å². The first kappa shape index (κ1) is 24.0. The van der Waals surface area contributed by atoms with Crippen LogP contribution in [0.4, 0.5) is 0 Å². The highest BCUT2D eigenvalue weighted by Gasteiger charge is 2.14. The van der Waals surface area contributed by atoms with Crippen LogP contribution in [-0.4, -0.2) is 32.1 Å². The maximum Gasteiger partial charge on any atom is 0.349 e. The molecule has 7 nitrogen and oxygen atoms in total. The number of nitriles is 1. The molecule has 0 saturated heterocycles. The number of hydrogen-bond donors (Lipinski definition) is 1. The molecule has 0 saturated carbocycles. The highest BCUT2D eigenvalue weighted by atomic mass is 16.6. The van der Waals surface area contributed by atoms with Crippen molar-refractivity contribution in [2.75, 3.05) is 20.3 Å². The Morgan fingerprint density at radius 1 is 1.09 bits per heavy atom. The van der Waals surface area contributed by atoms with Gasteiger partial charge in [-0.25, -0.2) is 4.79 Å². The van der Waals surface area contributed by atoms with E-state index in [1.807, 2.05) is 24.3 Å². The zero-order valence-electron chi connectivity index (χ0n) is 17.8. The van der Waals surface area contributed by atoms with Crippen LogP contribution in [0.25, 0.3) is 6.08 Å². The summed E-state index contributed by atoms with van der Waals surface area (Å²) in [5.74, 6) is -0.0944. The Labute approximate surface area is 187 Å². The van der Waals surface area contributed by atoms with Gasteiger partial charge in [-0.3, -0.25) is 4.79 Å². The normalized spacial score (nSPS) is 10.4. The average molecular weight is 432 g/mol. The maximum absolute atomic E-state index is 12.3. The second-order valence-corrected chi connectivity index (χ2v) is 6.44. The number of ether oxygens (including phenoxy) is 3. The molecule has 0 aromatic heterocycles. The second-order valence-electron chi connectivity index (χ2n) is 6.44. The van der Waals surface area contributed by atoms with Crippen molar-refractivity contribution in [3.63, 3.8) is 0 Å². The molecule has 0 bridgehead atoms. The van der Waals surface area contributed by atoms with E-state index in [2.05, 4.69) is 18.5 Å². The Balaban J connectivity index is 2.09. The van der Waals surface area contributed by atoms with Crippen molar-refractivity contribution in [2.45, 2.75) is 6.42 Å². The number of rotatable bonds is 11. The fourth-order valence-corrected chi connectivity index (χ4v) is 2.69. The molecule has 0 spiro atoms. The van der Waals surface area contributed by atoms with E-state index >= 15 is 0 Å². The van der Waals surface area contributed by atoms with E-state index in [1.165, 1.54) is 25.3 Å². The number of benzene rings is 2. The molecule has 0 radical (unpaired) electrons. The summed E-state index contributed by atoms with van der Waals surface area (Å²) in [6.07, 6.45) is 5.29. The molecule has 0 aliphatic rings. The van der Waals surface area contributed by atoms with E-state index in [4.69, 9.17) is 14.2 Å². The van der Waals surface area contributed by atoms with Gasteiger partial charge in [-0.2, -0.15) is 5.26 Å². The van der Waals surface area contributed by atoms with Gasteiger partial charge in [0.15, 0.2) is 18.1 Å². The molecule has 7 heteroatoms. The van der Waals surface area contributed by atoms with Crippen molar-refractivity contribution in [3.8, 4) is 23.3 Å². The number of methoxy groups -OCH3 is 1. The molecule has 0 aliphatic carbocycles. The van der Waals surface area contributed by atoms with E-state index in [9.17, 15) is 14.9 Å². The van der Waals surface area contributed by atoms with Crippen LogP contribution in [0.3, 0.4) is 0 Å². The van der Waals surface area contributed by atoms with Gasteiger partial charge in [0.2, 0.25) is 0 Å². The van der Waals surface area contributed by atoms with Crippen LogP contribution in [0, 0.1) is 11.3 Å². The minimum Gasteiger partial charge on any atom is -0.493 e. The molecule has 2 rings (SSSR count). The van der Waals surface area contributed by atoms with Gasteiger partial charge in [-0.1, -0.05) is 36.4 Å². The fraction of sp³-hybridized carbons (Fsp3) is 0.160. The predicted octanol–water partition coefficient (Wildman–Crippen LogP) is 3.62. The summed E-state index contributed by atoms with van der Waals surface area (Å²) in [6.45, 7) is 7.18. The SMILES string of the molecule is C=CCNC(=O)/C(C#N)=C/c1ccc(OC(=O)COc2ccccc2CC=C)c(OC)c1. The summed E-state index contributed by atoms with van der Waals surface area (Å²) >= 11 is 0. The van der Waals surface area contributed by atoms with Crippen molar-refractivity contribution in [1.29, 1.82) is 5.26 Å². The van der Waals surface area contributed by atoms with E-state index in [0.29, 0.717) is 17.7 Å². The van der Waals surface area contributed by atoms with E-state index in [1.54, 1.807) is 24.3 Å². The number of allylic oxidation sites excluding steroid dienone is 1. The van der Waals surface area contributed by atoms with Gasteiger partial charge in [0.05, 0.1) is 7.11 Å². The van der Waals surface area contributed by atoms with Crippen LogP contribution in [0.1, 0.15) is 11.1 Å². The number of hydrogen-bond acceptors (Lipinski definition) is 6. The average Bonchev–Trinajstić information content (AvgIpc) is 2.81. The van der Waals surface area contributed by atoms with E-state index in [-0.39, 0.29) is 30.2 Å². The molecule has 1 N–H and O–H groups in total. The molecule has 32 heavy (non-hydrogen) atoms. The summed E-state index contributed by atoms with van der Waals surface area (Å²) in [5, 5.41) is 11.8. The largest absolute Gasteiger partial charge is 0.493 e. The molecule has 0 aliphatic heterocycles. The third-order valence-electron chi connectivity index (χ3n) is 4.18. The molecule has 0 fully saturated rings. The van der Waals surface area contributed by atoms with Crippen molar-refractivity contribution >= 4 is 18.0 Å². The lowest BCUT2D eigenvalue weighted by atomic mass is 10.1. The topological polar surface area (TPSA) is 97.7 Å². The summed E-state index contributed by atoms with van der Waals surface area (Å²) in [4.78, 5) is 24.3. The fourth-order valence-electron chi connectivity index (χ4n) is 2.69. The molecule has 0 atom stereocenters. The Morgan fingerprint density at radius 2 is 1.88 bits per heavy atom. The summed E-state index contributed by atoms with van der Waals surface area (Å²) in [7, 11) is 1.42. The second kappa shape index (κ2) is 12.4. The van der Waals surface area contributed by atoms with Crippen LogP contribution in [0.15, 0.2) is 73.3 Å². The molecule has 0 unspecified atom stereocenters. The van der Waals surface area contributed by atoms with Crippen molar-refractivity contribution in [2.24, 2.45) is 0 Å². The molecule has 2 aromatic rings. The van der Waals surface area contributed by atoms with Gasteiger partial charge in [0, 0.05) is 6.54 Å². The lowest BCUT2D eigenvalue weighted by Crippen LogP contribution is -2.24. The molecule has 1 amide bonds. The summed E-state index contributed by atoms with van der Waals surface area (Å²) in [5.41, 5.74) is 1.36. The number of nitrogens with one attached hydrogen (secondary N) is 1. The summed E-state index contributed by atoms with van der Waals surface area (Å²) < 4.78 is 16.2. The van der Waals surface area contributed by atoms with Gasteiger partial charge in [-0.15, -0.1) is 13.2 Å². The zero-order chi connectivity index (χ0) is 23.3. The Bertz CT molecular complexity index is 1070. The smallest absolute Gasteiger partial charge is 0.349 e. The summed E-state index contributed by atoms with van der Waals surface area (Å²) in [6, 6.07) is 13.9. The van der Waals surface area contributed by atoms with Gasteiger partial charge in [0.25, 0.3) is 5.91 Å². The first-order chi connectivity index (χ1) is 15.5. The van der Waals surface area contributed by atoms with Crippen LogP contribution in [0.5, 0.6) is 17.2 Å². The predicted molar refractivity (Wildman–Crippen MR) is 121 cm³/mol. The van der Waals surface area contributed by atoms with Crippen LogP contribution < -0.4 is 19.5 Å². The Morgan fingerprint density at radius 3 is 2.56 bits per heavy atom. The van der Waals surface area contributed by atoms with E-state index in [0.717, 1.165) is 5.56 Å². The minimum absolute atomic E-state index is 0.0785. The van der Waals surface area contributed by atoms with Crippen molar-refractivity contribution in [3.05, 3.63) is 84.5 Å². The van der Waals surface area contributed by atoms with Gasteiger partial charge in [0.1, 0.15) is 17.4 Å². The van der Waals surface area contributed by atoms with Crippen LogP contribution in [-0.2, 0) is 16.0 Å². The van der Waals surface area contributed by atoms with Crippen molar-refractivity contribution in [1.82, 2.24) is 5.32 Å². The number of amides is 1. The molecular formula is C25H24N2O5. The highest BCUT2D eigenvalue weighted by molar-refractivity contribution is 6.01. The number of carbonyl (C=O) groups is 2. The Kier molecular flexibility index (Phi) is 9.29. The number of carbonyl (C=O) groups excluding carboxylic acids is 2. The minimum atomic E-state index is -0.610. The number of esters is 1. The first-order valence-electron chi connectivity index (χ1n) is 9.73. The third kappa shape index (κ3) is 6.89. The first-order valence-corrected chi connectivity index (χ1v) is 9.73. The molecule has 164 valence electrons. The third-order valence-corrected chi connectivity index (χ3v) is 4.18. The van der Waals surface area contributed by atoms with Crippen molar-refractivity contribution < 1.29 is 23.8 Å². The molecule has 0 heterocycles. The number of para-hydroxylation sites is 1. The number of nitrogens with zero attached hydrogens (tertiary/aromatic N) is 1. The van der Waals surface area contributed by atoms with Crippen LogP contribution >= 0.6 is 0 Å². The van der Waals surface area contributed by atoms with Gasteiger partial charge >= 0.3 is 5.97 Å². The van der Waals surface area contributed by atoms with Gasteiger partial charge < -0.3 is 19.5 Å².